The van der Waals surface area contributed by atoms with Crippen molar-refractivity contribution in [1.82, 2.24) is 9.97 Å². The molecular weight excluding hydrogens is 286 g/mol. The Balaban J connectivity index is 2.61. The fraction of sp³-hybridized carbons (Fsp3) is 0.583. The van der Waals surface area contributed by atoms with Gasteiger partial charge in [0.05, 0.1) is 17.0 Å². The number of aromatic nitrogens is 2. The van der Waals surface area contributed by atoms with Gasteiger partial charge in [0, 0.05) is 6.54 Å². The van der Waals surface area contributed by atoms with Crippen LogP contribution in [-0.4, -0.2) is 33.8 Å². The van der Waals surface area contributed by atoms with Crippen molar-refractivity contribution in [3.63, 3.8) is 0 Å². The summed E-state index contributed by atoms with van der Waals surface area (Å²) in [6, 6.07) is 0. The zero-order valence-electron chi connectivity index (χ0n) is 11.5. The minimum absolute atomic E-state index is 0.166. The molecule has 0 unspecified atom stereocenters. The molecule has 1 aromatic heterocycles. The molecule has 1 aromatic rings. The lowest BCUT2D eigenvalue weighted by atomic mass is 10.2. The van der Waals surface area contributed by atoms with Crippen molar-refractivity contribution in [2.45, 2.75) is 38.3 Å². The first-order valence-electron chi connectivity index (χ1n) is 5.93. The van der Waals surface area contributed by atoms with Crippen molar-refractivity contribution in [2.24, 2.45) is 0 Å². The highest BCUT2D eigenvalue weighted by Gasteiger charge is 2.17. The van der Waals surface area contributed by atoms with Crippen LogP contribution in [0.3, 0.4) is 0 Å². The van der Waals surface area contributed by atoms with Gasteiger partial charge in [0.25, 0.3) is 0 Å². The van der Waals surface area contributed by atoms with Crippen molar-refractivity contribution >= 4 is 35.3 Å². The molecule has 0 aliphatic carbocycles. The molecule has 0 fully saturated rings. The molecule has 106 valence electrons. The molecule has 0 saturated heterocycles. The molecule has 0 bridgehead atoms. The summed E-state index contributed by atoms with van der Waals surface area (Å²) in [6.45, 7) is 8.16. The number of carbonyl (C=O) groups is 1. The molecular formula is C12H18ClN3O2S. The Morgan fingerprint density at radius 2 is 2.21 bits per heavy atom. The SMILES string of the molecule is CCNc1ncc(Cl)c(SCC(=O)OC(C)(C)C)n1. The lowest BCUT2D eigenvalue weighted by Gasteiger charge is -2.19. The van der Waals surface area contributed by atoms with E-state index in [1.807, 2.05) is 27.7 Å². The number of halogens is 1. The van der Waals surface area contributed by atoms with Crippen LogP contribution in [0.2, 0.25) is 5.02 Å². The molecule has 7 heteroatoms. The highest BCUT2D eigenvalue weighted by atomic mass is 35.5. The maximum Gasteiger partial charge on any atom is 0.316 e. The minimum atomic E-state index is -0.484. The summed E-state index contributed by atoms with van der Waals surface area (Å²) in [5.41, 5.74) is -0.484. The van der Waals surface area contributed by atoms with E-state index in [0.717, 1.165) is 6.54 Å². The number of esters is 1. The number of nitrogens with zero attached hydrogens (tertiary/aromatic N) is 2. The van der Waals surface area contributed by atoms with Gasteiger partial charge in [0.1, 0.15) is 10.6 Å². The summed E-state index contributed by atoms with van der Waals surface area (Å²) in [6.07, 6.45) is 1.52. The van der Waals surface area contributed by atoms with Crippen molar-refractivity contribution in [3.8, 4) is 0 Å². The van der Waals surface area contributed by atoms with E-state index in [1.165, 1.54) is 18.0 Å². The second-order valence-electron chi connectivity index (χ2n) is 4.75. The van der Waals surface area contributed by atoms with E-state index in [0.29, 0.717) is 16.0 Å². The van der Waals surface area contributed by atoms with Crippen molar-refractivity contribution in [2.75, 3.05) is 17.6 Å². The van der Waals surface area contributed by atoms with Crippen LogP contribution in [0.5, 0.6) is 0 Å². The molecule has 19 heavy (non-hydrogen) atoms. The number of nitrogens with one attached hydrogen (secondary N) is 1. The third-order valence-corrected chi connectivity index (χ3v) is 3.15. The monoisotopic (exact) mass is 303 g/mol. The third-order valence-electron chi connectivity index (χ3n) is 1.79. The molecule has 0 atom stereocenters. The summed E-state index contributed by atoms with van der Waals surface area (Å²) in [7, 11) is 0. The van der Waals surface area contributed by atoms with Gasteiger partial charge < -0.3 is 10.1 Å². The Bertz CT molecular complexity index is 449. The predicted octanol–water partition coefficient (Wildman–Crippen LogP) is 3.00. The standard InChI is InChI=1S/C12H18ClN3O2S/c1-5-14-11-15-6-8(13)10(16-11)19-7-9(17)18-12(2,3)4/h6H,5,7H2,1-4H3,(H,14,15,16). The molecule has 5 nitrogen and oxygen atoms in total. The first-order valence-corrected chi connectivity index (χ1v) is 7.29. The Morgan fingerprint density at radius 1 is 1.53 bits per heavy atom. The number of hydrogen-bond donors (Lipinski definition) is 1. The Kier molecular flexibility index (Phi) is 5.87. The summed E-state index contributed by atoms with van der Waals surface area (Å²) >= 11 is 7.23. The largest absolute Gasteiger partial charge is 0.459 e. The van der Waals surface area contributed by atoms with E-state index >= 15 is 0 Å². The zero-order valence-corrected chi connectivity index (χ0v) is 13.1. The van der Waals surface area contributed by atoms with E-state index in [4.69, 9.17) is 16.3 Å². The van der Waals surface area contributed by atoms with Gasteiger partial charge in [-0.25, -0.2) is 9.97 Å². The van der Waals surface area contributed by atoms with Gasteiger partial charge in [-0.2, -0.15) is 0 Å². The smallest absolute Gasteiger partial charge is 0.316 e. The number of hydrogen-bond acceptors (Lipinski definition) is 6. The number of ether oxygens (including phenoxy) is 1. The highest BCUT2D eigenvalue weighted by molar-refractivity contribution is 8.00. The van der Waals surface area contributed by atoms with Gasteiger partial charge in [0.2, 0.25) is 5.95 Å². The van der Waals surface area contributed by atoms with Crippen LogP contribution >= 0.6 is 23.4 Å². The molecule has 1 rings (SSSR count). The molecule has 0 aliphatic heterocycles. The number of anilines is 1. The van der Waals surface area contributed by atoms with Crippen LogP contribution in [0.1, 0.15) is 27.7 Å². The maximum atomic E-state index is 11.6. The summed E-state index contributed by atoms with van der Waals surface area (Å²) < 4.78 is 5.22. The molecule has 0 radical (unpaired) electrons. The average Bonchev–Trinajstić information content (AvgIpc) is 2.28. The Morgan fingerprint density at radius 3 is 2.79 bits per heavy atom. The van der Waals surface area contributed by atoms with Crippen molar-refractivity contribution in [3.05, 3.63) is 11.2 Å². The van der Waals surface area contributed by atoms with Gasteiger partial charge in [-0.05, 0) is 27.7 Å². The van der Waals surface area contributed by atoms with Crippen LogP contribution in [0.15, 0.2) is 11.2 Å². The minimum Gasteiger partial charge on any atom is -0.459 e. The van der Waals surface area contributed by atoms with Gasteiger partial charge in [-0.1, -0.05) is 23.4 Å². The fourth-order valence-electron chi connectivity index (χ4n) is 1.19. The Labute approximate surface area is 122 Å². The molecule has 0 saturated carbocycles. The average molecular weight is 304 g/mol. The molecule has 0 amide bonds. The molecule has 1 N–H and O–H groups in total. The first-order chi connectivity index (χ1) is 8.81. The first kappa shape index (κ1) is 16.0. The van der Waals surface area contributed by atoms with Crippen LogP contribution in [0, 0.1) is 0 Å². The number of thioether (sulfide) groups is 1. The highest BCUT2D eigenvalue weighted by Crippen LogP contribution is 2.25. The second-order valence-corrected chi connectivity index (χ2v) is 6.12. The topological polar surface area (TPSA) is 64.1 Å². The number of rotatable bonds is 5. The third kappa shape index (κ3) is 6.11. The van der Waals surface area contributed by atoms with Gasteiger partial charge in [-0.15, -0.1) is 0 Å². The molecule has 0 aliphatic rings. The van der Waals surface area contributed by atoms with Gasteiger partial charge >= 0.3 is 5.97 Å². The van der Waals surface area contributed by atoms with Crippen molar-refractivity contribution < 1.29 is 9.53 Å². The quantitative estimate of drug-likeness (QED) is 0.512. The Hall–Kier alpha value is -1.01. The van der Waals surface area contributed by atoms with Crippen LogP contribution in [0.4, 0.5) is 5.95 Å². The second kappa shape index (κ2) is 6.96. The summed E-state index contributed by atoms with van der Waals surface area (Å²) in [5, 5.41) is 3.98. The van der Waals surface area contributed by atoms with E-state index in [1.54, 1.807) is 0 Å². The van der Waals surface area contributed by atoms with Crippen molar-refractivity contribution in [1.29, 1.82) is 0 Å². The van der Waals surface area contributed by atoms with Gasteiger partial charge in [0.15, 0.2) is 0 Å². The summed E-state index contributed by atoms with van der Waals surface area (Å²) in [5.74, 6) is 0.371. The fourth-order valence-corrected chi connectivity index (χ4v) is 2.10. The number of carbonyl (C=O) groups excluding carboxylic acids is 1. The van der Waals surface area contributed by atoms with E-state index in [9.17, 15) is 4.79 Å². The zero-order chi connectivity index (χ0) is 14.5. The van der Waals surface area contributed by atoms with E-state index < -0.39 is 5.60 Å². The van der Waals surface area contributed by atoms with Gasteiger partial charge in [-0.3, -0.25) is 4.79 Å². The maximum absolute atomic E-state index is 11.6. The summed E-state index contributed by atoms with van der Waals surface area (Å²) in [4.78, 5) is 19.9. The normalized spacial score (nSPS) is 11.2. The molecule has 1 heterocycles. The van der Waals surface area contributed by atoms with E-state index in [2.05, 4.69) is 15.3 Å². The van der Waals surface area contributed by atoms with Crippen LogP contribution in [0.25, 0.3) is 0 Å². The van der Waals surface area contributed by atoms with Crippen LogP contribution < -0.4 is 5.32 Å². The molecule has 0 spiro atoms. The van der Waals surface area contributed by atoms with E-state index in [-0.39, 0.29) is 11.7 Å². The lowest BCUT2D eigenvalue weighted by Crippen LogP contribution is -2.24. The van der Waals surface area contributed by atoms with Crippen LogP contribution in [-0.2, 0) is 9.53 Å². The lowest BCUT2D eigenvalue weighted by molar-refractivity contribution is -0.151. The predicted molar refractivity (Wildman–Crippen MR) is 77.8 cm³/mol. The molecule has 0 aromatic carbocycles.